The van der Waals surface area contributed by atoms with Gasteiger partial charge < -0.3 is 5.73 Å². The Bertz CT molecular complexity index is 425. The predicted molar refractivity (Wildman–Crippen MR) is 47.5 cm³/mol. The van der Waals surface area contributed by atoms with Crippen molar-refractivity contribution in [3.8, 4) is 0 Å². The van der Waals surface area contributed by atoms with Crippen LogP contribution < -0.4 is 5.73 Å². The first kappa shape index (κ1) is 10.2. The zero-order chi connectivity index (χ0) is 11.2. The van der Waals surface area contributed by atoms with E-state index >= 15 is 0 Å². The molecular weight excluding hydrogens is 207 g/mol. The van der Waals surface area contributed by atoms with E-state index in [-0.39, 0.29) is 5.56 Å². The van der Waals surface area contributed by atoms with E-state index < -0.39 is 23.6 Å². The van der Waals surface area contributed by atoms with Gasteiger partial charge in [-0.1, -0.05) is 6.07 Å². The van der Waals surface area contributed by atoms with Crippen LogP contribution in [-0.2, 0) is 12.6 Å². The summed E-state index contributed by atoms with van der Waals surface area (Å²) in [6.07, 6.45) is -4.09. The van der Waals surface area contributed by atoms with Crippen molar-refractivity contribution >= 4 is 5.78 Å². The summed E-state index contributed by atoms with van der Waals surface area (Å²) in [4.78, 5) is 11.4. The molecule has 2 nitrogen and oxygen atoms in total. The number of halogens is 3. The molecule has 0 heterocycles. The van der Waals surface area contributed by atoms with Crippen LogP contribution in [0.3, 0.4) is 0 Å². The summed E-state index contributed by atoms with van der Waals surface area (Å²) in [7, 11) is 0. The molecule has 0 bridgehead atoms. The lowest BCUT2D eigenvalue weighted by atomic mass is 10.1. The third-order valence-corrected chi connectivity index (χ3v) is 2.48. The molecule has 1 aliphatic rings. The van der Waals surface area contributed by atoms with Gasteiger partial charge >= 0.3 is 6.18 Å². The number of fused-ring (bicyclic) bond motifs is 1. The molecule has 1 unspecified atom stereocenters. The molecular formula is C10H8F3NO. The minimum absolute atomic E-state index is 0.109. The smallest absolute Gasteiger partial charge is 0.321 e. The molecule has 5 heteroatoms. The standard InChI is InChI=1S/C10H8F3NO/c11-10(12,13)6-2-1-5-3-8(14)9(15)7(5)4-6/h1-2,4,8H,3,14H2. The lowest BCUT2D eigenvalue weighted by Crippen LogP contribution is -2.26. The van der Waals surface area contributed by atoms with Crippen LogP contribution in [0, 0.1) is 0 Å². The Labute approximate surface area is 83.9 Å². The monoisotopic (exact) mass is 215 g/mol. The first-order chi connectivity index (χ1) is 6.89. The highest BCUT2D eigenvalue weighted by atomic mass is 19.4. The highest BCUT2D eigenvalue weighted by molar-refractivity contribution is 6.04. The number of hydrogen-bond acceptors (Lipinski definition) is 2. The average Bonchev–Trinajstić information content (AvgIpc) is 2.41. The minimum atomic E-state index is -4.41. The van der Waals surface area contributed by atoms with Crippen LogP contribution >= 0.6 is 0 Å². The van der Waals surface area contributed by atoms with Gasteiger partial charge in [0.2, 0.25) is 0 Å². The number of carbonyl (C=O) groups excluding carboxylic acids is 1. The Hall–Kier alpha value is -1.36. The quantitative estimate of drug-likeness (QED) is 0.716. The van der Waals surface area contributed by atoms with Gasteiger partial charge in [0.15, 0.2) is 5.78 Å². The Kier molecular flexibility index (Phi) is 2.08. The van der Waals surface area contributed by atoms with Crippen molar-refractivity contribution in [3.05, 3.63) is 34.9 Å². The second-order valence-corrected chi connectivity index (χ2v) is 3.54. The number of rotatable bonds is 0. The largest absolute Gasteiger partial charge is 0.416 e. The van der Waals surface area contributed by atoms with Gasteiger partial charge in [0.05, 0.1) is 11.6 Å². The van der Waals surface area contributed by atoms with Gasteiger partial charge in [0.25, 0.3) is 0 Å². The lowest BCUT2D eigenvalue weighted by molar-refractivity contribution is -0.137. The highest BCUT2D eigenvalue weighted by Gasteiger charge is 2.34. The third kappa shape index (κ3) is 1.63. The number of carbonyl (C=O) groups is 1. The third-order valence-electron chi connectivity index (χ3n) is 2.48. The first-order valence-corrected chi connectivity index (χ1v) is 4.39. The fourth-order valence-corrected chi connectivity index (χ4v) is 1.69. The van der Waals surface area contributed by atoms with Crippen LogP contribution in [0.1, 0.15) is 21.5 Å². The summed E-state index contributed by atoms with van der Waals surface area (Å²) in [5.41, 5.74) is 5.36. The molecule has 1 aromatic carbocycles. The number of alkyl halides is 3. The zero-order valence-electron chi connectivity index (χ0n) is 7.64. The average molecular weight is 215 g/mol. The normalized spacial score (nSPS) is 20.5. The molecule has 0 aliphatic heterocycles. The molecule has 1 atom stereocenters. The summed E-state index contributed by atoms with van der Waals surface area (Å²) in [5, 5.41) is 0. The summed E-state index contributed by atoms with van der Waals surface area (Å²) in [6, 6.07) is 2.49. The summed E-state index contributed by atoms with van der Waals surface area (Å²) in [5.74, 6) is -0.406. The molecule has 1 aromatic rings. The molecule has 0 saturated carbocycles. The summed E-state index contributed by atoms with van der Waals surface area (Å²) in [6.45, 7) is 0. The summed E-state index contributed by atoms with van der Waals surface area (Å²) >= 11 is 0. The van der Waals surface area contributed by atoms with Crippen molar-refractivity contribution in [1.29, 1.82) is 0 Å². The molecule has 0 fully saturated rings. The molecule has 80 valence electrons. The van der Waals surface area contributed by atoms with Gasteiger partial charge in [-0.15, -0.1) is 0 Å². The van der Waals surface area contributed by atoms with Crippen molar-refractivity contribution in [2.75, 3.05) is 0 Å². The number of Topliss-reactive ketones (excluding diaryl/α,β-unsaturated/α-hetero) is 1. The van der Waals surface area contributed by atoms with Crippen LogP contribution in [0.25, 0.3) is 0 Å². The summed E-state index contributed by atoms with van der Waals surface area (Å²) < 4.78 is 37.0. The number of ketones is 1. The molecule has 2 N–H and O–H groups in total. The van der Waals surface area contributed by atoms with E-state index in [0.29, 0.717) is 12.0 Å². The maximum atomic E-state index is 12.3. The van der Waals surface area contributed by atoms with Crippen LogP contribution in [0.5, 0.6) is 0 Å². The van der Waals surface area contributed by atoms with E-state index in [1.807, 2.05) is 0 Å². The van der Waals surface area contributed by atoms with Crippen molar-refractivity contribution in [1.82, 2.24) is 0 Å². The molecule has 2 rings (SSSR count). The van der Waals surface area contributed by atoms with Gasteiger partial charge in [0, 0.05) is 5.56 Å². The van der Waals surface area contributed by atoms with Crippen molar-refractivity contribution in [2.45, 2.75) is 18.6 Å². The van der Waals surface area contributed by atoms with Crippen LogP contribution in [0.4, 0.5) is 13.2 Å². The Morgan fingerprint density at radius 1 is 1.33 bits per heavy atom. The second-order valence-electron chi connectivity index (χ2n) is 3.54. The van der Waals surface area contributed by atoms with Gasteiger partial charge in [-0.2, -0.15) is 13.2 Å². The number of hydrogen-bond donors (Lipinski definition) is 1. The van der Waals surface area contributed by atoms with E-state index in [9.17, 15) is 18.0 Å². The fraction of sp³-hybridized carbons (Fsp3) is 0.300. The Balaban J connectivity index is 2.49. The van der Waals surface area contributed by atoms with Crippen molar-refractivity contribution < 1.29 is 18.0 Å². The minimum Gasteiger partial charge on any atom is -0.321 e. The lowest BCUT2D eigenvalue weighted by Gasteiger charge is -2.07. The van der Waals surface area contributed by atoms with E-state index in [2.05, 4.69) is 0 Å². The maximum Gasteiger partial charge on any atom is 0.416 e. The van der Waals surface area contributed by atoms with Gasteiger partial charge in [-0.25, -0.2) is 0 Å². The molecule has 15 heavy (non-hydrogen) atoms. The second kappa shape index (κ2) is 3.06. The molecule has 0 radical (unpaired) electrons. The van der Waals surface area contributed by atoms with Crippen molar-refractivity contribution in [3.63, 3.8) is 0 Å². The van der Waals surface area contributed by atoms with Crippen molar-refractivity contribution in [2.24, 2.45) is 5.73 Å². The molecule has 0 spiro atoms. The SMILES string of the molecule is NC1Cc2ccc(C(F)(F)F)cc2C1=O. The first-order valence-electron chi connectivity index (χ1n) is 4.39. The zero-order valence-corrected chi connectivity index (χ0v) is 7.64. The van der Waals surface area contributed by atoms with Gasteiger partial charge in [-0.05, 0) is 24.1 Å². The Morgan fingerprint density at radius 3 is 2.60 bits per heavy atom. The molecule has 0 amide bonds. The Morgan fingerprint density at radius 2 is 2.00 bits per heavy atom. The molecule has 1 aliphatic carbocycles. The van der Waals surface area contributed by atoms with Crippen LogP contribution in [-0.4, -0.2) is 11.8 Å². The topological polar surface area (TPSA) is 43.1 Å². The maximum absolute atomic E-state index is 12.3. The van der Waals surface area contributed by atoms with E-state index in [1.165, 1.54) is 6.07 Å². The van der Waals surface area contributed by atoms with E-state index in [4.69, 9.17) is 5.73 Å². The highest BCUT2D eigenvalue weighted by Crippen LogP contribution is 2.32. The van der Waals surface area contributed by atoms with E-state index in [0.717, 1.165) is 12.1 Å². The molecule has 0 saturated heterocycles. The van der Waals surface area contributed by atoms with Gasteiger partial charge in [-0.3, -0.25) is 4.79 Å². The van der Waals surface area contributed by atoms with Crippen LogP contribution in [0.2, 0.25) is 0 Å². The predicted octanol–water partition coefficient (Wildman–Crippen LogP) is 1.77. The number of nitrogens with two attached hydrogens (primary N) is 1. The molecule has 0 aromatic heterocycles. The van der Waals surface area contributed by atoms with E-state index in [1.54, 1.807) is 0 Å². The van der Waals surface area contributed by atoms with Crippen LogP contribution in [0.15, 0.2) is 18.2 Å². The fourth-order valence-electron chi connectivity index (χ4n) is 1.69. The van der Waals surface area contributed by atoms with Gasteiger partial charge in [0.1, 0.15) is 0 Å². The number of benzene rings is 1.